The summed E-state index contributed by atoms with van der Waals surface area (Å²) in [6.07, 6.45) is 4.12. The minimum absolute atomic E-state index is 0.256. The molecule has 0 bridgehead atoms. The summed E-state index contributed by atoms with van der Waals surface area (Å²) in [7, 11) is 0. The van der Waals surface area contributed by atoms with Crippen LogP contribution in [0.15, 0.2) is 54.9 Å². The molecule has 0 aliphatic heterocycles. The molecule has 6 heteroatoms. The van der Waals surface area contributed by atoms with Gasteiger partial charge in [-0.3, -0.25) is 15.1 Å². The first-order valence-corrected chi connectivity index (χ1v) is 7.82. The van der Waals surface area contributed by atoms with Crippen molar-refractivity contribution in [1.29, 1.82) is 0 Å². The summed E-state index contributed by atoms with van der Waals surface area (Å²) >= 11 is 7.32. The Morgan fingerprint density at radius 1 is 1.14 bits per heavy atom. The number of pyridine rings is 1. The molecule has 0 unspecified atom stereocenters. The quantitative estimate of drug-likeness (QED) is 0.786. The second kappa shape index (κ2) is 6.68. The third kappa shape index (κ3) is 3.69. The Hall–Kier alpha value is -2.24. The number of halogens is 1. The van der Waals surface area contributed by atoms with Crippen molar-refractivity contribution in [3.05, 3.63) is 76.0 Å². The fraction of sp³-hybridized carbons (Fsp3) is 0.0625. The van der Waals surface area contributed by atoms with Gasteiger partial charge in [0.15, 0.2) is 5.13 Å². The maximum absolute atomic E-state index is 12.0. The molecule has 4 nitrogen and oxygen atoms in total. The van der Waals surface area contributed by atoms with Crippen molar-refractivity contribution in [2.24, 2.45) is 0 Å². The van der Waals surface area contributed by atoms with Gasteiger partial charge in [-0.1, -0.05) is 29.8 Å². The van der Waals surface area contributed by atoms with Crippen molar-refractivity contribution in [2.75, 3.05) is 5.32 Å². The zero-order valence-electron chi connectivity index (χ0n) is 11.5. The molecule has 2 aromatic heterocycles. The predicted octanol–water partition coefficient (Wildman–Crippen LogP) is 4.03. The first kappa shape index (κ1) is 14.7. The van der Waals surface area contributed by atoms with Gasteiger partial charge in [-0.25, -0.2) is 4.98 Å². The lowest BCUT2D eigenvalue weighted by molar-refractivity contribution is 0.102. The van der Waals surface area contributed by atoms with E-state index in [1.54, 1.807) is 30.6 Å². The van der Waals surface area contributed by atoms with Crippen LogP contribution in [0.1, 0.15) is 20.9 Å². The van der Waals surface area contributed by atoms with Gasteiger partial charge in [0.2, 0.25) is 0 Å². The maximum Gasteiger partial charge on any atom is 0.276 e. The molecule has 0 fully saturated rings. The predicted molar refractivity (Wildman–Crippen MR) is 88.6 cm³/mol. The van der Waals surface area contributed by atoms with Crippen LogP contribution in [0.2, 0.25) is 5.02 Å². The van der Waals surface area contributed by atoms with E-state index in [0.29, 0.717) is 10.8 Å². The van der Waals surface area contributed by atoms with Crippen LogP contribution in [0.25, 0.3) is 0 Å². The van der Waals surface area contributed by atoms with Gasteiger partial charge in [0.25, 0.3) is 5.91 Å². The lowest BCUT2D eigenvalue weighted by Gasteiger charge is -2.00. The highest BCUT2D eigenvalue weighted by Gasteiger charge is 2.10. The molecule has 0 aliphatic carbocycles. The lowest BCUT2D eigenvalue weighted by atomic mass is 10.1. The normalized spacial score (nSPS) is 10.4. The van der Waals surface area contributed by atoms with Crippen LogP contribution in [0, 0.1) is 0 Å². The molecule has 0 spiro atoms. The average Bonchev–Trinajstić information content (AvgIpc) is 2.97. The number of carbonyl (C=O) groups excluding carboxylic acids is 1. The molecular formula is C16H12ClN3OS. The molecular weight excluding hydrogens is 318 g/mol. The van der Waals surface area contributed by atoms with E-state index in [1.807, 2.05) is 24.3 Å². The highest BCUT2D eigenvalue weighted by atomic mass is 35.5. The first-order chi connectivity index (χ1) is 10.7. The number of hydrogen-bond acceptors (Lipinski definition) is 4. The van der Waals surface area contributed by atoms with E-state index < -0.39 is 0 Å². The molecule has 3 rings (SSSR count). The summed E-state index contributed by atoms with van der Waals surface area (Å²) in [6, 6.07) is 12.9. The minimum atomic E-state index is -0.256. The first-order valence-electron chi connectivity index (χ1n) is 6.62. The van der Waals surface area contributed by atoms with E-state index >= 15 is 0 Å². The van der Waals surface area contributed by atoms with Crippen molar-refractivity contribution >= 4 is 34.0 Å². The number of nitrogens with zero attached hydrogens (tertiary/aromatic N) is 2. The fourth-order valence-electron chi connectivity index (χ4n) is 1.91. The summed E-state index contributed by atoms with van der Waals surface area (Å²) in [5.74, 6) is -0.256. The summed E-state index contributed by atoms with van der Waals surface area (Å²) < 4.78 is 0. The number of nitrogens with one attached hydrogen (secondary N) is 1. The van der Waals surface area contributed by atoms with Gasteiger partial charge in [0, 0.05) is 28.7 Å². The molecule has 22 heavy (non-hydrogen) atoms. The SMILES string of the molecule is O=C(Nc1ncc(Cc2ccc(Cl)cc2)s1)c1ccccn1. The van der Waals surface area contributed by atoms with E-state index in [1.165, 1.54) is 11.3 Å². The Morgan fingerprint density at radius 3 is 2.68 bits per heavy atom. The van der Waals surface area contributed by atoms with E-state index in [-0.39, 0.29) is 5.91 Å². The highest BCUT2D eigenvalue weighted by Crippen LogP contribution is 2.22. The molecule has 3 aromatic rings. The molecule has 1 aromatic carbocycles. The van der Waals surface area contributed by atoms with Crippen LogP contribution in [0.3, 0.4) is 0 Å². The van der Waals surface area contributed by atoms with Crippen molar-refractivity contribution in [2.45, 2.75) is 6.42 Å². The Labute approximate surface area is 136 Å². The van der Waals surface area contributed by atoms with Crippen LogP contribution in [-0.2, 0) is 6.42 Å². The smallest absolute Gasteiger partial charge is 0.276 e. The van der Waals surface area contributed by atoms with Crippen molar-refractivity contribution in [3.8, 4) is 0 Å². The molecule has 110 valence electrons. The number of amides is 1. The Morgan fingerprint density at radius 2 is 1.95 bits per heavy atom. The second-order valence-corrected chi connectivity index (χ2v) is 6.16. The highest BCUT2D eigenvalue weighted by molar-refractivity contribution is 7.15. The number of benzene rings is 1. The van der Waals surface area contributed by atoms with E-state index in [9.17, 15) is 4.79 Å². The largest absolute Gasteiger partial charge is 0.296 e. The average molecular weight is 330 g/mol. The zero-order valence-corrected chi connectivity index (χ0v) is 13.1. The van der Waals surface area contributed by atoms with Crippen LogP contribution >= 0.6 is 22.9 Å². The third-order valence-electron chi connectivity index (χ3n) is 2.96. The van der Waals surface area contributed by atoms with Crippen molar-refractivity contribution < 1.29 is 4.79 Å². The molecule has 2 heterocycles. The zero-order chi connectivity index (χ0) is 15.4. The molecule has 0 atom stereocenters. The number of carbonyl (C=O) groups is 1. The summed E-state index contributed by atoms with van der Waals surface area (Å²) in [6.45, 7) is 0. The molecule has 1 amide bonds. The van der Waals surface area contributed by atoms with Gasteiger partial charge >= 0.3 is 0 Å². The third-order valence-corrected chi connectivity index (χ3v) is 4.13. The minimum Gasteiger partial charge on any atom is -0.296 e. The monoisotopic (exact) mass is 329 g/mol. The van der Waals surface area contributed by atoms with E-state index in [0.717, 1.165) is 21.9 Å². The molecule has 0 saturated carbocycles. The van der Waals surface area contributed by atoms with Crippen LogP contribution in [0.5, 0.6) is 0 Å². The topological polar surface area (TPSA) is 54.9 Å². The van der Waals surface area contributed by atoms with E-state index in [4.69, 9.17) is 11.6 Å². The number of hydrogen-bond donors (Lipinski definition) is 1. The Kier molecular flexibility index (Phi) is 4.46. The van der Waals surface area contributed by atoms with Gasteiger partial charge in [0.05, 0.1) is 0 Å². The van der Waals surface area contributed by atoms with Crippen LogP contribution in [-0.4, -0.2) is 15.9 Å². The van der Waals surface area contributed by atoms with Crippen molar-refractivity contribution in [1.82, 2.24) is 9.97 Å². The Balaban J connectivity index is 1.66. The molecule has 0 aliphatic rings. The summed E-state index contributed by atoms with van der Waals surface area (Å²) in [5, 5.41) is 4.05. The number of aromatic nitrogens is 2. The van der Waals surface area contributed by atoms with E-state index in [2.05, 4.69) is 15.3 Å². The Bertz CT molecular complexity index is 772. The molecule has 0 saturated heterocycles. The number of rotatable bonds is 4. The summed E-state index contributed by atoms with van der Waals surface area (Å²) in [4.78, 5) is 21.3. The number of anilines is 1. The van der Waals surface area contributed by atoms with Gasteiger partial charge in [-0.2, -0.15) is 0 Å². The molecule has 0 radical (unpaired) electrons. The summed E-state index contributed by atoms with van der Waals surface area (Å²) in [5.41, 5.74) is 1.52. The van der Waals surface area contributed by atoms with Crippen LogP contribution in [0.4, 0.5) is 5.13 Å². The van der Waals surface area contributed by atoms with Gasteiger partial charge < -0.3 is 0 Å². The fourth-order valence-corrected chi connectivity index (χ4v) is 2.88. The molecule has 1 N–H and O–H groups in total. The lowest BCUT2D eigenvalue weighted by Crippen LogP contribution is -2.12. The standard InChI is InChI=1S/C16H12ClN3OS/c17-12-6-4-11(5-7-12)9-13-10-19-16(22-13)20-15(21)14-3-1-2-8-18-14/h1-8,10H,9H2,(H,19,20,21). The van der Waals surface area contributed by atoms with Crippen molar-refractivity contribution in [3.63, 3.8) is 0 Å². The van der Waals surface area contributed by atoms with Gasteiger partial charge in [-0.05, 0) is 29.8 Å². The number of thiazole rings is 1. The van der Waals surface area contributed by atoms with Gasteiger partial charge in [-0.15, -0.1) is 11.3 Å². The second-order valence-electron chi connectivity index (χ2n) is 4.60. The van der Waals surface area contributed by atoms with Gasteiger partial charge in [0.1, 0.15) is 5.69 Å². The maximum atomic E-state index is 12.0. The van der Waals surface area contributed by atoms with Crippen LogP contribution < -0.4 is 5.32 Å².